The van der Waals surface area contributed by atoms with Gasteiger partial charge < -0.3 is 11.1 Å². The van der Waals surface area contributed by atoms with E-state index in [4.69, 9.17) is 11.1 Å². The zero-order chi connectivity index (χ0) is 9.84. The summed E-state index contributed by atoms with van der Waals surface area (Å²) in [5.41, 5.74) is 6.03. The first-order chi connectivity index (χ1) is 6.09. The number of hydrogen-bond acceptors (Lipinski definition) is 3. The van der Waals surface area contributed by atoms with Gasteiger partial charge in [0.25, 0.3) is 0 Å². The van der Waals surface area contributed by atoms with Crippen LogP contribution in [0.25, 0.3) is 0 Å². The van der Waals surface area contributed by atoms with E-state index < -0.39 is 0 Å². The molecule has 4 heteroatoms. The number of nitrogens with zero attached hydrogens (tertiary/aromatic N) is 1. The molecule has 0 amide bonds. The van der Waals surface area contributed by atoms with Crippen molar-refractivity contribution < 1.29 is 0 Å². The summed E-state index contributed by atoms with van der Waals surface area (Å²) in [6.45, 7) is 4.06. The number of rotatable bonds is 3. The van der Waals surface area contributed by atoms with E-state index in [1.165, 1.54) is 0 Å². The fourth-order valence-corrected chi connectivity index (χ4v) is 0.973. The second-order valence-corrected chi connectivity index (χ2v) is 3.14. The van der Waals surface area contributed by atoms with Gasteiger partial charge >= 0.3 is 0 Å². The van der Waals surface area contributed by atoms with Crippen molar-refractivity contribution >= 4 is 11.7 Å². The maximum absolute atomic E-state index is 7.24. The predicted octanol–water partition coefficient (Wildman–Crippen LogP) is 1.19. The molecule has 0 saturated carbocycles. The number of hydrogen-bond donors (Lipinski definition) is 3. The average molecular weight is 178 g/mol. The Kier molecular flexibility index (Phi) is 2.84. The van der Waals surface area contributed by atoms with Gasteiger partial charge in [0.1, 0.15) is 11.7 Å². The monoisotopic (exact) mass is 178 g/mol. The minimum absolute atomic E-state index is 0.0641. The van der Waals surface area contributed by atoms with E-state index in [9.17, 15) is 0 Å². The summed E-state index contributed by atoms with van der Waals surface area (Å²) >= 11 is 0. The summed E-state index contributed by atoms with van der Waals surface area (Å²) in [6, 6.07) is 3.81. The lowest BCUT2D eigenvalue weighted by Crippen LogP contribution is -2.14. The van der Waals surface area contributed by atoms with Crippen molar-refractivity contribution in [2.75, 3.05) is 5.32 Å². The van der Waals surface area contributed by atoms with Crippen molar-refractivity contribution in [2.45, 2.75) is 19.9 Å². The molecule has 1 aromatic rings. The van der Waals surface area contributed by atoms with Crippen molar-refractivity contribution in [3.63, 3.8) is 0 Å². The molecule has 0 spiro atoms. The molecule has 70 valence electrons. The Balaban J connectivity index is 2.85. The first kappa shape index (κ1) is 9.51. The third-order valence-electron chi connectivity index (χ3n) is 1.51. The van der Waals surface area contributed by atoms with Crippen molar-refractivity contribution in [3.05, 3.63) is 23.9 Å². The van der Waals surface area contributed by atoms with Crippen LogP contribution in [0.3, 0.4) is 0 Å². The summed E-state index contributed by atoms with van der Waals surface area (Å²) in [5.74, 6) is 0.817. The van der Waals surface area contributed by atoms with Gasteiger partial charge in [-0.2, -0.15) is 0 Å². The Morgan fingerprint density at radius 3 is 2.85 bits per heavy atom. The molecule has 0 fully saturated rings. The molecule has 0 aromatic carbocycles. The highest BCUT2D eigenvalue weighted by Gasteiger charge is 2.00. The standard InChI is InChI=1S/C9H14N4/c1-6(2)13-8-5-7(9(10)11)3-4-12-8/h3-6H,1-2H3,(H3,10,11)(H,12,13). The molecular weight excluding hydrogens is 164 g/mol. The molecule has 1 aromatic heterocycles. The molecule has 1 heterocycles. The Hall–Kier alpha value is -1.58. The molecule has 0 bridgehead atoms. The second kappa shape index (κ2) is 3.89. The molecule has 4 nitrogen and oxygen atoms in total. The lowest BCUT2D eigenvalue weighted by atomic mass is 10.2. The molecule has 1 rings (SSSR count). The largest absolute Gasteiger partial charge is 0.384 e. The molecule has 0 aliphatic heterocycles. The van der Waals surface area contributed by atoms with Crippen LogP contribution in [-0.4, -0.2) is 16.9 Å². The molecular formula is C9H14N4. The van der Waals surface area contributed by atoms with Crippen LogP contribution in [0.2, 0.25) is 0 Å². The molecule has 13 heavy (non-hydrogen) atoms. The van der Waals surface area contributed by atoms with Crippen LogP contribution < -0.4 is 11.1 Å². The summed E-state index contributed by atoms with van der Waals surface area (Å²) in [5, 5.41) is 10.4. The van der Waals surface area contributed by atoms with Crippen molar-refractivity contribution in [2.24, 2.45) is 5.73 Å². The number of amidine groups is 1. The Morgan fingerprint density at radius 1 is 1.62 bits per heavy atom. The SMILES string of the molecule is CC(C)Nc1cc(C(=N)N)ccn1. The van der Waals surface area contributed by atoms with Crippen LogP contribution in [0, 0.1) is 5.41 Å². The Bertz CT molecular complexity index is 306. The fourth-order valence-electron chi connectivity index (χ4n) is 0.973. The van der Waals surface area contributed by atoms with Crippen LogP contribution in [0.15, 0.2) is 18.3 Å². The van der Waals surface area contributed by atoms with Crippen LogP contribution >= 0.6 is 0 Å². The maximum Gasteiger partial charge on any atom is 0.126 e. The van der Waals surface area contributed by atoms with Gasteiger partial charge in [-0.15, -0.1) is 0 Å². The smallest absolute Gasteiger partial charge is 0.126 e. The van der Waals surface area contributed by atoms with E-state index in [0.717, 1.165) is 5.82 Å². The topological polar surface area (TPSA) is 74.8 Å². The summed E-state index contributed by atoms with van der Waals surface area (Å²) in [6.07, 6.45) is 1.64. The van der Waals surface area contributed by atoms with Gasteiger partial charge in [-0.25, -0.2) is 4.98 Å². The highest BCUT2D eigenvalue weighted by molar-refractivity contribution is 5.95. The minimum Gasteiger partial charge on any atom is -0.384 e. The summed E-state index contributed by atoms with van der Waals surface area (Å²) < 4.78 is 0. The van der Waals surface area contributed by atoms with Gasteiger partial charge in [-0.05, 0) is 26.0 Å². The van der Waals surface area contributed by atoms with E-state index >= 15 is 0 Å². The minimum atomic E-state index is 0.0641. The van der Waals surface area contributed by atoms with E-state index in [-0.39, 0.29) is 5.84 Å². The summed E-state index contributed by atoms with van der Waals surface area (Å²) in [7, 11) is 0. The van der Waals surface area contributed by atoms with E-state index in [1.807, 2.05) is 13.8 Å². The normalized spacial score (nSPS) is 10.1. The van der Waals surface area contributed by atoms with Crippen LogP contribution in [-0.2, 0) is 0 Å². The number of nitrogens with two attached hydrogens (primary N) is 1. The first-order valence-corrected chi connectivity index (χ1v) is 4.16. The lowest BCUT2D eigenvalue weighted by Gasteiger charge is -2.09. The van der Waals surface area contributed by atoms with Gasteiger partial charge in [-0.3, -0.25) is 5.41 Å². The van der Waals surface area contributed by atoms with E-state index in [1.54, 1.807) is 18.3 Å². The lowest BCUT2D eigenvalue weighted by molar-refractivity contribution is 0.889. The Labute approximate surface area is 77.7 Å². The van der Waals surface area contributed by atoms with Crippen LogP contribution in [0.1, 0.15) is 19.4 Å². The van der Waals surface area contributed by atoms with E-state index in [2.05, 4.69) is 10.3 Å². The molecule has 0 aliphatic rings. The van der Waals surface area contributed by atoms with E-state index in [0.29, 0.717) is 11.6 Å². The number of nitrogen functional groups attached to an aromatic ring is 1. The van der Waals surface area contributed by atoms with Gasteiger partial charge in [-0.1, -0.05) is 0 Å². The third-order valence-corrected chi connectivity index (χ3v) is 1.51. The quantitative estimate of drug-likeness (QED) is 0.480. The number of nitrogens with one attached hydrogen (secondary N) is 2. The predicted molar refractivity (Wildman–Crippen MR) is 54.0 cm³/mol. The molecule has 0 atom stereocenters. The third kappa shape index (κ3) is 2.74. The fraction of sp³-hybridized carbons (Fsp3) is 0.333. The molecule has 0 radical (unpaired) electrons. The number of aromatic nitrogens is 1. The van der Waals surface area contributed by atoms with Gasteiger partial charge in [0, 0.05) is 17.8 Å². The van der Waals surface area contributed by atoms with Gasteiger partial charge in [0.15, 0.2) is 0 Å². The highest BCUT2D eigenvalue weighted by Crippen LogP contribution is 2.06. The molecule has 0 saturated heterocycles. The zero-order valence-corrected chi connectivity index (χ0v) is 7.83. The second-order valence-electron chi connectivity index (χ2n) is 3.14. The van der Waals surface area contributed by atoms with Crippen LogP contribution in [0.5, 0.6) is 0 Å². The molecule has 0 aliphatic carbocycles. The number of anilines is 1. The summed E-state index contributed by atoms with van der Waals surface area (Å²) in [4.78, 5) is 4.10. The first-order valence-electron chi connectivity index (χ1n) is 4.16. The van der Waals surface area contributed by atoms with Crippen molar-refractivity contribution in [3.8, 4) is 0 Å². The maximum atomic E-state index is 7.24. The van der Waals surface area contributed by atoms with Crippen molar-refractivity contribution in [1.82, 2.24) is 4.98 Å². The Morgan fingerprint density at radius 2 is 2.31 bits per heavy atom. The number of pyridine rings is 1. The van der Waals surface area contributed by atoms with Crippen molar-refractivity contribution in [1.29, 1.82) is 5.41 Å². The van der Waals surface area contributed by atoms with Crippen LogP contribution in [0.4, 0.5) is 5.82 Å². The zero-order valence-electron chi connectivity index (χ0n) is 7.83. The highest BCUT2D eigenvalue weighted by atomic mass is 15.0. The van der Waals surface area contributed by atoms with Gasteiger partial charge in [0.2, 0.25) is 0 Å². The molecule has 4 N–H and O–H groups in total. The average Bonchev–Trinajstić information content (AvgIpc) is 2.03. The van der Waals surface area contributed by atoms with Gasteiger partial charge in [0.05, 0.1) is 0 Å². The molecule has 0 unspecified atom stereocenters.